The minimum absolute atomic E-state index is 0.0153. The molecule has 3 N–H and O–H groups in total. The van der Waals surface area contributed by atoms with Crippen LogP contribution in [0.5, 0.6) is 17.2 Å². The fraction of sp³-hybridized carbons (Fsp3) is 0.333. The van der Waals surface area contributed by atoms with E-state index >= 15 is 0 Å². The first-order valence-electron chi connectivity index (χ1n) is 9.89. The van der Waals surface area contributed by atoms with Gasteiger partial charge in [-0.1, -0.05) is 6.42 Å². The van der Waals surface area contributed by atoms with Crippen LogP contribution in [0.25, 0.3) is 0 Å². The Labute approximate surface area is 185 Å². The number of esters is 1. The second-order valence-corrected chi connectivity index (χ2v) is 9.09. The molecule has 1 aliphatic rings. The molecule has 172 valence electrons. The third-order valence-corrected chi connectivity index (χ3v) is 6.83. The number of methoxy groups -OCH3 is 1. The Balaban J connectivity index is 1.71. The zero-order valence-electron chi connectivity index (χ0n) is 17.4. The van der Waals surface area contributed by atoms with E-state index in [2.05, 4.69) is 5.32 Å². The van der Waals surface area contributed by atoms with E-state index in [1.165, 1.54) is 35.7 Å². The van der Waals surface area contributed by atoms with Crippen molar-refractivity contribution in [2.24, 2.45) is 0 Å². The minimum Gasteiger partial charge on any atom is -0.508 e. The molecule has 10 nitrogen and oxygen atoms in total. The first-order chi connectivity index (χ1) is 15.2. The number of ether oxygens (including phenoxy) is 2. The SMILES string of the molecule is COc1ccc(S(=O)(=O)N2CCCCC2)cc1NC(=O)COC(=O)c1ccc(O)cc1O. The molecule has 0 unspecified atom stereocenters. The maximum atomic E-state index is 12.9. The predicted octanol–water partition coefficient (Wildman–Crippen LogP) is 2.08. The molecule has 0 radical (unpaired) electrons. The fourth-order valence-electron chi connectivity index (χ4n) is 3.29. The summed E-state index contributed by atoms with van der Waals surface area (Å²) in [6.07, 6.45) is 2.57. The lowest BCUT2D eigenvalue weighted by Crippen LogP contribution is -2.35. The van der Waals surface area contributed by atoms with E-state index in [1.54, 1.807) is 0 Å². The molecule has 1 heterocycles. The van der Waals surface area contributed by atoms with E-state index in [4.69, 9.17) is 9.47 Å². The molecule has 0 bridgehead atoms. The molecule has 1 amide bonds. The molecule has 3 rings (SSSR count). The topological polar surface area (TPSA) is 142 Å². The largest absolute Gasteiger partial charge is 0.508 e. The van der Waals surface area contributed by atoms with Crippen molar-refractivity contribution in [2.75, 3.05) is 32.1 Å². The van der Waals surface area contributed by atoms with Crippen LogP contribution in [-0.4, -0.2) is 61.6 Å². The number of rotatable bonds is 7. The van der Waals surface area contributed by atoms with Crippen molar-refractivity contribution >= 4 is 27.6 Å². The normalized spacial score (nSPS) is 14.5. The van der Waals surface area contributed by atoms with Crippen LogP contribution in [0, 0.1) is 0 Å². The van der Waals surface area contributed by atoms with Gasteiger partial charge in [0.15, 0.2) is 6.61 Å². The maximum Gasteiger partial charge on any atom is 0.342 e. The van der Waals surface area contributed by atoms with Gasteiger partial charge in [-0.2, -0.15) is 4.31 Å². The Kier molecular flexibility index (Phi) is 7.21. The smallest absolute Gasteiger partial charge is 0.342 e. The number of amides is 1. The molecular weight excluding hydrogens is 440 g/mol. The summed E-state index contributed by atoms with van der Waals surface area (Å²) in [5.41, 5.74) is -0.109. The Hall–Kier alpha value is -3.31. The van der Waals surface area contributed by atoms with Crippen LogP contribution in [0.3, 0.4) is 0 Å². The van der Waals surface area contributed by atoms with E-state index in [0.717, 1.165) is 31.4 Å². The molecule has 2 aromatic carbocycles. The average molecular weight is 464 g/mol. The summed E-state index contributed by atoms with van der Waals surface area (Å²) in [4.78, 5) is 24.4. The van der Waals surface area contributed by atoms with E-state index in [9.17, 15) is 28.2 Å². The number of aromatic hydroxyl groups is 2. The van der Waals surface area contributed by atoms with Crippen LogP contribution in [0.15, 0.2) is 41.3 Å². The first kappa shape index (κ1) is 23.4. The highest BCUT2D eigenvalue weighted by atomic mass is 32.2. The third kappa shape index (κ3) is 5.29. The average Bonchev–Trinajstić information content (AvgIpc) is 2.78. The zero-order chi connectivity index (χ0) is 23.3. The van der Waals surface area contributed by atoms with E-state index in [-0.39, 0.29) is 27.6 Å². The molecule has 32 heavy (non-hydrogen) atoms. The summed E-state index contributed by atoms with van der Waals surface area (Å²) in [7, 11) is -2.35. The van der Waals surface area contributed by atoms with Crippen LogP contribution < -0.4 is 10.1 Å². The number of anilines is 1. The van der Waals surface area contributed by atoms with Gasteiger partial charge in [0.2, 0.25) is 10.0 Å². The van der Waals surface area contributed by atoms with Crippen molar-refractivity contribution in [1.82, 2.24) is 4.31 Å². The van der Waals surface area contributed by atoms with Gasteiger partial charge in [0.25, 0.3) is 5.91 Å². The monoisotopic (exact) mass is 464 g/mol. The fourth-order valence-corrected chi connectivity index (χ4v) is 4.83. The number of phenols is 2. The number of carbonyl (C=O) groups is 2. The van der Waals surface area contributed by atoms with Gasteiger partial charge in [-0.25, -0.2) is 13.2 Å². The van der Waals surface area contributed by atoms with Crippen LogP contribution in [0.1, 0.15) is 29.6 Å². The molecule has 1 saturated heterocycles. The first-order valence-corrected chi connectivity index (χ1v) is 11.3. The number of hydrogen-bond donors (Lipinski definition) is 3. The number of carbonyl (C=O) groups excluding carboxylic acids is 2. The molecular formula is C21H24N2O8S. The van der Waals surface area contributed by atoms with Gasteiger partial charge in [-0.05, 0) is 43.2 Å². The number of piperidine rings is 1. The van der Waals surface area contributed by atoms with Gasteiger partial charge < -0.3 is 25.0 Å². The molecule has 11 heteroatoms. The number of sulfonamides is 1. The summed E-state index contributed by atoms with van der Waals surface area (Å²) in [5, 5.41) is 21.5. The summed E-state index contributed by atoms with van der Waals surface area (Å²) in [5.74, 6) is -2.19. The number of hydrogen-bond acceptors (Lipinski definition) is 8. The minimum atomic E-state index is -3.72. The predicted molar refractivity (Wildman–Crippen MR) is 114 cm³/mol. The van der Waals surface area contributed by atoms with Gasteiger partial charge in [0.05, 0.1) is 17.7 Å². The Bertz CT molecular complexity index is 1110. The van der Waals surface area contributed by atoms with Crippen LogP contribution in [-0.2, 0) is 19.6 Å². The van der Waals surface area contributed by atoms with Crippen LogP contribution in [0.2, 0.25) is 0 Å². The number of benzene rings is 2. The van der Waals surface area contributed by atoms with E-state index in [1.807, 2.05) is 0 Å². The molecule has 2 aromatic rings. The molecule has 0 atom stereocenters. The Morgan fingerprint density at radius 3 is 2.44 bits per heavy atom. The van der Waals surface area contributed by atoms with Gasteiger partial charge in [0, 0.05) is 19.2 Å². The van der Waals surface area contributed by atoms with E-state index < -0.39 is 34.3 Å². The zero-order valence-corrected chi connectivity index (χ0v) is 18.2. The van der Waals surface area contributed by atoms with Crippen LogP contribution in [0.4, 0.5) is 5.69 Å². The van der Waals surface area contributed by atoms with Crippen molar-refractivity contribution in [3.63, 3.8) is 0 Å². The van der Waals surface area contributed by atoms with Crippen molar-refractivity contribution in [3.05, 3.63) is 42.0 Å². The lowest BCUT2D eigenvalue weighted by atomic mass is 10.2. The number of phenolic OH excluding ortho intramolecular Hbond substituents is 2. The molecule has 0 aliphatic carbocycles. The molecule has 1 fully saturated rings. The summed E-state index contributed by atoms with van der Waals surface area (Å²) in [6, 6.07) is 7.46. The summed E-state index contributed by atoms with van der Waals surface area (Å²) >= 11 is 0. The maximum absolute atomic E-state index is 12.9. The van der Waals surface area contributed by atoms with Crippen molar-refractivity contribution in [1.29, 1.82) is 0 Å². The highest BCUT2D eigenvalue weighted by molar-refractivity contribution is 7.89. The second kappa shape index (κ2) is 9.88. The molecule has 0 spiro atoms. The summed E-state index contributed by atoms with van der Waals surface area (Å²) in [6.45, 7) is 0.192. The number of nitrogens with zero attached hydrogens (tertiary/aromatic N) is 1. The molecule has 0 saturated carbocycles. The molecule has 0 aromatic heterocycles. The van der Waals surface area contributed by atoms with Crippen molar-refractivity contribution in [2.45, 2.75) is 24.2 Å². The quantitative estimate of drug-likeness (QED) is 0.529. The lowest BCUT2D eigenvalue weighted by Gasteiger charge is -2.26. The van der Waals surface area contributed by atoms with Crippen molar-refractivity contribution < 1.29 is 37.7 Å². The highest BCUT2D eigenvalue weighted by Gasteiger charge is 2.27. The number of nitrogens with one attached hydrogen (secondary N) is 1. The van der Waals surface area contributed by atoms with Gasteiger partial charge in [-0.15, -0.1) is 0 Å². The second-order valence-electron chi connectivity index (χ2n) is 7.15. The van der Waals surface area contributed by atoms with Gasteiger partial charge in [0.1, 0.15) is 22.8 Å². The Morgan fingerprint density at radius 2 is 1.78 bits per heavy atom. The van der Waals surface area contributed by atoms with Gasteiger partial charge >= 0.3 is 5.97 Å². The van der Waals surface area contributed by atoms with Crippen molar-refractivity contribution in [3.8, 4) is 17.2 Å². The Morgan fingerprint density at radius 1 is 1.06 bits per heavy atom. The standard InChI is InChI=1S/C21H24N2O8S/c1-30-19-8-6-15(32(28,29)23-9-3-2-4-10-23)12-17(19)22-20(26)13-31-21(27)16-7-5-14(24)11-18(16)25/h5-8,11-12,24-25H,2-4,9-10,13H2,1H3,(H,22,26). The third-order valence-electron chi connectivity index (χ3n) is 4.93. The highest BCUT2D eigenvalue weighted by Crippen LogP contribution is 2.30. The van der Waals surface area contributed by atoms with E-state index in [0.29, 0.717) is 13.1 Å². The lowest BCUT2D eigenvalue weighted by molar-refractivity contribution is -0.119. The summed E-state index contributed by atoms with van der Waals surface area (Å²) < 4.78 is 37.3. The van der Waals surface area contributed by atoms with Gasteiger partial charge in [-0.3, -0.25) is 4.79 Å². The molecule has 1 aliphatic heterocycles. The van der Waals surface area contributed by atoms with Crippen LogP contribution >= 0.6 is 0 Å².